The summed E-state index contributed by atoms with van der Waals surface area (Å²) >= 11 is 1.56. The quantitative estimate of drug-likeness (QED) is 0.199. The minimum absolute atomic E-state index is 0.348. The van der Waals surface area contributed by atoms with Crippen LogP contribution in [0.3, 0.4) is 0 Å². The summed E-state index contributed by atoms with van der Waals surface area (Å²) in [5.74, 6) is 0.762. The number of hydrogen-bond donors (Lipinski definition) is 2. The molecule has 1 amide bonds. The van der Waals surface area contributed by atoms with Gasteiger partial charge in [0.05, 0.1) is 6.10 Å². The number of nitrogens with one attached hydrogen (secondary N) is 1. The Labute approximate surface area is 264 Å². The number of carboxylic acids is 1. The van der Waals surface area contributed by atoms with E-state index in [1.165, 1.54) is 32.1 Å². The molecule has 0 radical (unpaired) electrons. The molecule has 1 saturated carbocycles. The SMILES string of the molecule is CC[C@H](C[C@H](C)COC)OCC1CCCCC1.CCc1ccc(C(=O)NC(CCSC)C(=O)O)c(-c2ccccc2C)c1. The molecular weight excluding hydrogens is 558 g/mol. The van der Waals surface area contributed by atoms with Gasteiger partial charge in [-0.15, -0.1) is 0 Å². The number of thioether (sulfide) groups is 1. The summed E-state index contributed by atoms with van der Waals surface area (Å²) in [6, 6.07) is 12.8. The Morgan fingerprint density at radius 1 is 1.07 bits per heavy atom. The molecule has 7 heteroatoms. The number of carboxylic acid groups (broad SMARTS) is 1. The molecule has 3 rings (SSSR count). The van der Waals surface area contributed by atoms with Crippen molar-refractivity contribution in [3.05, 3.63) is 59.2 Å². The number of benzene rings is 2. The van der Waals surface area contributed by atoms with Crippen LogP contribution in [0.1, 0.15) is 93.6 Å². The van der Waals surface area contributed by atoms with E-state index in [9.17, 15) is 14.7 Å². The zero-order valence-corrected chi connectivity index (χ0v) is 28.1. The standard InChI is InChI=1S/C21H25NO3S.C15H30O2/c1-4-15-9-10-17(18(13-15)16-8-6-5-7-14(16)2)20(23)22-19(21(24)25)11-12-26-3;1-4-15(10-13(2)11-16-3)17-12-14-8-6-5-7-9-14/h5-10,13,19H,4,11-12H2,1-3H3,(H,22,23)(H,24,25);13-15H,4-12H2,1-3H3/t;13-,15+/m.0/s1. The number of hydrogen-bond acceptors (Lipinski definition) is 5. The largest absolute Gasteiger partial charge is 0.480 e. The van der Waals surface area contributed by atoms with Crippen molar-refractivity contribution in [2.45, 2.75) is 97.6 Å². The van der Waals surface area contributed by atoms with Crippen LogP contribution < -0.4 is 5.32 Å². The van der Waals surface area contributed by atoms with E-state index < -0.39 is 12.0 Å². The van der Waals surface area contributed by atoms with Gasteiger partial charge in [-0.25, -0.2) is 4.79 Å². The monoisotopic (exact) mass is 613 g/mol. The van der Waals surface area contributed by atoms with E-state index >= 15 is 0 Å². The van der Waals surface area contributed by atoms with Gasteiger partial charge in [0, 0.05) is 25.9 Å². The molecule has 6 nitrogen and oxygen atoms in total. The molecular formula is C36H55NO5S. The molecule has 3 atom stereocenters. The van der Waals surface area contributed by atoms with Crippen molar-refractivity contribution in [1.29, 1.82) is 0 Å². The zero-order chi connectivity index (χ0) is 31.6. The number of amides is 1. The van der Waals surface area contributed by atoms with Crippen LogP contribution in [0.25, 0.3) is 11.1 Å². The summed E-state index contributed by atoms with van der Waals surface area (Å²) in [6.45, 7) is 10.4. The molecule has 0 bridgehead atoms. The highest BCUT2D eigenvalue weighted by molar-refractivity contribution is 7.98. The van der Waals surface area contributed by atoms with Crippen molar-refractivity contribution in [3.8, 4) is 11.1 Å². The first-order valence-corrected chi connectivity index (χ1v) is 17.4. The maximum atomic E-state index is 12.8. The molecule has 0 heterocycles. The third kappa shape index (κ3) is 13.0. The summed E-state index contributed by atoms with van der Waals surface area (Å²) in [5.41, 5.74) is 4.55. The Kier molecular flexibility index (Phi) is 17.6. The lowest BCUT2D eigenvalue weighted by molar-refractivity contribution is -0.139. The molecule has 2 N–H and O–H groups in total. The number of carbonyl (C=O) groups excluding carboxylic acids is 1. The van der Waals surface area contributed by atoms with Crippen LogP contribution in [0.5, 0.6) is 0 Å². The summed E-state index contributed by atoms with van der Waals surface area (Å²) in [7, 11) is 1.78. The van der Waals surface area contributed by atoms with Gasteiger partial charge in [-0.2, -0.15) is 11.8 Å². The van der Waals surface area contributed by atoms with Crippen molar-refractivity contribution in [3.63, 3.8) is 0 Å². The van der Waals surface area contributed by atoms with Gasteiger partial charge in [0.15, 0.2) is 0 Å². The average Bonchev–Trinajstić information content (AvgIpc) is 3.02. The summed E-state index contributed by atoms with van der Waals surface area (Å²) < 4.78 is 11.3. The Morgan fingerprint density at radius 3 is 2.40 bits per heavy atom. The lowest BCUT2D eigenvalue weighted by Crippen LogP contribution is -2.41. The van der Waals surface area contributed by atoms with E-state index in [1.54, 1.807) is 24.9 Å². The minimum Gasteiger partial charge on any atom is -0.480 e. The number of carbonyl (C=O) groups is 2. The summed E-state index contributed by atoms with van der Waals surface area (Å²) in [6.07, 6.45) is 12.9. The fourth-order valence-electron chi connectivity index (χ4n) is 5.62. The van der Waals surface area contributed by atoms with Crippen LogP contribution in [0, 0.1) is 18.8 Å². The van der Waals surface area contributed by atoms with Gasteiger partial charge < -0.3 is 19.9 Å². The molecule has 2 aromatic carbocycles. The topological polar surface area (TPSA) is 84.9 Å². The molecule has 43 heavy (non-hydrogen) atoms. The number of methoxy groups -OCH3 is 1. The highest BCUT2D eigenvalue weighted by Crippen LogP contribution is 2.29. The Balaban J connectivity index is 0.000000329. The van der Waals surface area contributed by atoms with E-state index in [2.05, 4.69) is 26.1 Å². The van der Waals surface area contributed by atoms with Crippen LogP contribution in [-0.2, 0) is 20.7 Å². The van der Waals surface area contributed by atoms with Crippen LogP contribution in [0.15, 0.2) is 42.5 Å². The van der Waals surface area contributed by atoms with Crippen molar-refractivity contribution < 1.29 is 24.2 Å². The molecule has 0 aliphatic heterocycles. The number of rotatable bonds is 16. The van der Waals surface area contributed by atoms with E-state index in [4.69, 9.17) is 9.47 Å². The maximum Gasteiger partial charge on any atom is 0.326 e. The van der Waals surface area contributed by atoms with Gasteiger partial charge in [-0.1, -0.05) is 76.4 Å². The van der Waals surface area contributed by atoms with Crippen LogP contribution in [0.2, 0.25) is 0 Å². The lowest BCUT2D eigenvalue weighted by Gasteiger charge is -2.25. The number of aliphatic carboxylic acids is 1. The molecule has 0 saturated heterocycles. The van der Waals surface area contributed by atoms with E-state index in [1.807, 2.05) is 49.6 Å². The molecule has 1 fully saturated rings. The van der Waals surface area contributed by atoms with Gasteiger partial charge in [-0.05, 0) is 97.6 Å². The van der Waals surface area contributed by atoms with Crippen molar-refractivity contribution in [2.24, 2.45) is 11.8 Å². The second-order valence-corrected chi connectivity index (χ2v) is 12.8. The maximum absolute atomic E-state index is 12.8. The van der Waals surface area contributed by atoms with Gasteiger partial charge in [0.1, 0.15) is 6.04 Å². The first-order chi connectivity index (χ1) is 20.7. The number of ether oxygens (including phenoxy) is 2. The Bertz CT molecular complexity index is 1100. The second-order valence-electron chi connectivity index (χ2n) is 11.9. The van der Waals surface area contributed by atoms with Crippen LogP contribution in [-0.4, -0.2) is 61.5 Å². The van der Waals surface area contributed by atoms with Crippen LogP contribution >= 0.6 is 11.8 Å². The number of aryl methyl sites for hydroxylation is 2. The molecule has 1 aliphatic rings. The molecule has 0 aromatic heterocycles. The highest BCUT2D eigenvalue weighted by atomic mass is 32.2. The minimum atomic E-state index is -1.00. The second kappa shape index (κ2) is 20.6. The molecule has 0 spiro atoms. The first-order valence-electron chi connectivity index (χ1n) is 16.1. The van der Waals surface area contributed by atoms with Gasteiger partial charge >= 0.3 is 5.97 Å². The molecule has 2 aromatic rings. The first kappa shape index (κ1) is 36.8. The molecule has 1 aliphatic carbocycles. The average molecular weight is 614 g/mol. The van der Waals surface area contributed by atoms with E-state index in [0.717, 1.165) is 60.6 Å². The molecule has 1 unspecified atom stereocenters. The fourth-order valence-corrected chi connectivity index (χ4v) is 6.09. The summed E-state index contributed by atoms with van der Waals surface area (Å²) in [5, 5.41) is 12.1. The van der Waals surface area contributed by atoms with Crippen molar-refractivity contribution >= 4 is 23.6 Å². The predicted molar refractivity (Wildman–Crippen MR) is 180 cm³/mol. The normalized spacial score (nSPS) is 15.6. The summed E-state index contributed by atoms with van der Waals surface area (Å²) in [4.78, 5) is 24.3. The van der Waals surface area contributed by atoms with Crippen LogP contribution in [0.4, 0.5) is 0 Å². The highest BCUT2D eigenvalue weighted by Gasteiger charge is 2.23. The van der Waals surface area contributed by atoms with Gasteiger partial charge in [0.2, 0.25) is 0 Å². The predicted octanol–water partition coefficient (Wildman–Crippen LogP) is 8.20. The smallest absolute Gasteiger partial charge is 0.326 e. The molecule has 240 valence electrons. The van der Waals surface area contributed by atoms with Gasteiger partial charge in [-0.3, -0.25) is 4.79 Å². The van der Waals surface area contributed by atoms with E-state index in [0.29, 0.717) is 29.8 Å². The lowest BCUT2D eigenvalue weighted by atomic mass is 9.90. The Morgan fingerprint density at radius 2 is 1.79 bits per heavy atom. The zero-order valence-electron chi connectivity index (χ0n) is 27.3. The third-order valence-electron chi connectivity index (χ3n) is 8.25. The third-order valence-corrected chi connectivity index (χ3v) is 8.89. The van der Waals surface area contributed by atoms with Crippen molar-refractivity contribution in [1.82, 2.24) is 5.32 Å². The van der Waals surface area contributed by atoms with Crippen molar-refractivity contribution in [2.75, 3.05) is 32.3 Å². The Hall–Kier alpha value is -2.35. The van der Waals surface area contributed by atoms with Gasteiger partial charge in [0.25, 0.3) is 5.91 Å². The van der Waals surface area contributed by atoms with E-state index in [-0.39, 0.29) is 5.91 Å². The fraction of sp³-hybridized carbons (Fsp3) is 0.611.